The Labute approximate surface area is 126 Å². The fourth-order valence-electron chi connectivity index (χ4n) is 1.45. The van der Waals surface area contributed by atoms with Crippen LogP contribution in [0.4, 0.5) is 5.69 Å². The van der Waals surface area contributed by atoms with Crippen LogP contribution in [0.15, 0.2) is 17.1 Å². The van der Waals surface area contributed by atoms with Crippen molar-refractivity contribution in [1.82, 2.24) is 0 Å². The summed E-state index contributed by atoms with van der Waals surface area (Å²) in [5.41, 5.74) is 0.981. The molecule has 0 aliphatic carbocycles. The molecule has 2 rings (SSSR count). The molecule has 0 saturated heterocycles. The summed E-state index contributed by atoms with van der Waals surface area (Å²) in [5, 5.41) is 5.53. The average Bonchev–Trinajstić information content (AvgIpc) is 2.28. The van der Waals surface area contributed by atoms with E-state index in [4.69, 9.17) is 34.8 Å². The Morgan fingerprint density at radius 2 is 1.83 bits per heavy atom. The Hall–Kier alpha value is -0.0900. The molecule has 1 aromatic rings. The van der Waals surface area contributed by atoms with Gasteiger partial charge in [-0.05, 0) is 17.5 Å². The van der Waals surface area contributed by atoms with Gasteiger partial charge in [0.1, 0.15) is 0 Å². The molecule has 0 fully saturated rings. The molecule has 6 heteroatoms. The highest BCUT2D eigenvalue weighted by Crippen LogP contribution is 2.34. The smallest absolute Gasteiger partial charge is 0.161 e. The molecule has 98 valence electrons. The number of nitrogens with zero attached hydrogens (tertiary/aromatic N) is 1. The van der Waals surface area contributed by atoms with Crippen LogP contribution in [0.5, 0.6) is 0 Å². The van der Waals surface area contributed by atoms with Crippen LogP contribution >= 0.6 is 46.6 Å². The zero-order chi connectivity index (χ0) is 13.3. The maximum absolute atomic E-state index is 6.11. The lowest BCUT2D eigenvalue weighted by Gasteiger charge is -2.27. The van der Waals surface area contributed by atoms with E-state index in [1.54, 1.807) is 23.9 Å². The molecule has 1 N–H and O–H groups in total. The molecule has 1 aliphatic rings. The zero-order valence-electron chi connectivity index (χ0n) is 10.1. The van der Waals surface area contributed by atoms with Gasteiger partial charge in [-0.15, -0.1) is 0 Å². The number of thioether (sulfide) groups is 1. The molecule has 0 saturated carbocycles. The summed E-state index contributed by atoms with van der Waals surface area (Å²) in [5.74, 6) is 1.03. The van der Waals surface area contributed by atoms with Gasteiger partial charge in [-0.3, -0.25) is 4.99 Å². The fourth-order valence-corrected chi connectivity index (χ4v) is 3.00. The van der Waals surface area contributed by atoms with Crippen molar-refractivity contribution in [3.8, 4) is 0 Å². The van der Waals surface area contributed by atoms with Gasteiger partial charge in [-0.25, -0.2) is 0 Å². The summed E-state index contributed by atoms with van der Waals surface area (Å²) in [4.78, 5) is 4.50. The molecular formula is C12H13Cl3N2S. The van der Waals surface area contributed by atoms with E-state index >= 15 is 0 Å². The van der Waals surface area contributed by atoms with Crippen LogP contribution < -0.4 is 5.32 Å². The van der Waals surface area contributed by atoms with E-state index in [9.17, 15) is 0 Å². The first kappa shape index (κ1) is 14.3. The third kappa shape index (κ3) is 3.47. The monoisotopic (exact) mass is 322 g/mol. The number of aliphatic imine (C=N–C) groups is 1. The van der Waals surface area contributed by atoms with Crippen LogP contribution in [0, 0.1) is 5.41 Å². The zero-order valence-corrected chi connectivity index (χ0v) is 13.1. The largest absolute Gasteiger partial charge is 0.334 e. The van der Waals surface area contributed by atoms with Gasteiger partial charge in [-0.1, -0.05) is 60.4 Å². The number of rotatable bonds is 1. The lowest BCUT2D eigenvalue weighted by atomic mass is 9.97. The number of halogens is 3. The quantitative estimate of drug-likeness (QED) is 0.719. The van der Waals surface area contributed by atoms with Gasteiger partial charge in [0.05, 0.1) is 20.8 Å². The summed E-state index contributed by atoms with van der Waals surface area (Å²) in [7, 11) is 0. The standard InChI is InChI=1S/C12H13Cl3N2S/c1-12(2)5-16-11(18-6-12)17-10-4-8(14)7(13)3-9(10)15/h3-4H,5-6H2,1-2H3,(H,16,17). The summed E-state index contributed by atoms with van der Waals surface area (Å²) < 4.78 is 0. The second-order valence-corrected chi connectivity index (χ2v) is 7.13. The van der Waals surface area contributed by atoms with E-state index in [1.807, 2.05) is 0 Å². The van der Waals surface area contributed by atoms with Gasteiger partial charge >= 0.3 is 0 Å². The van der Waals surface area contributed by atoms with E-state index in [2.05, 4.69) is 24.2 Å². The fraction of sp³-hybridized carbons (Fsp3) is 0.417. The Morgan fingerprint density at radius 3 is 2.44 bits per heavy atom. The minimum Gasteiger partial charge on any atom is -0.334 e. The molecule has 0 spiro atoms. The van der Waals surface area contributed by atoms with Crippen LogP contribution in [0.3, 0.4) is 0 Å². The Bertz CT molecular complexity index is 500. The molecule has 0 aromatic heterocycles. The van der Waals surface area contributed by atoms with Crippen LogP contribution in [0.1, 0.15) is 13.8 Å². The summed E-state index contributed by atoms with van der Waals surface area (Å²) in [6, 6.07) is 3.35. The lowest BCUT2D eigenvalue weighted by Crippen LogP contribution is -2.27. The van der Waals surface area contributed by atoms with Gasteiger partial charge in [0.15, 0.2) is 5.17 Å². The maximum Gasteiger partial charge on any atom is 0.161 e. The molecule has 0 radical (unpaired) electrons. The van der Waals surface area contributed by atoms with Crippen molar-refractivity contribution in [3.63, 3.8) is 0 Å². The van der Waals surface area contributed by atoms with Gasteiger partial charge in [0.25, 0.3) is 0 Å². The number of hydrogen-bond donors (Lipinski definition) is 1. The normalized spacial score (nSPS) is 18.4. The molecule has 0 unspecified atom stereocenters. The van der Waals surface area contributed by atoms with Crippen molar-refractivity contribution >= 4 is 57.4 Å². The highest BCUT2D eigenvalue weighted by Gasteiger charge is 2.23. The van der Waals surface area contributed by atoms with Crippen molar-refractivity contribution in [2.45, 2.75) is 13.8 Å². The second-order valence-electron chi connectivity index (χ2n) is 4.95. The molecule has 0 atom stereocenters. The maximum atomic E-state index is 6.11. The Balaban J connectivity index is 2.16. The van der Waals surface area contributed by atoms with Crippen molar-refractivity contribution < 1.29 is 0 Å². The first-order valence-electron chi connectivity index (χ1n) is 5.46. The van der Waals surface area contributed by atoms with Crippen LogP contribution in [-0.4, -0.2) is 17.5 Å². The lowest BCUT2D eigenvalue weighted by molar-refractivity contribution is 0.438. The summed E-state index contributed by atoms with van der Waals surface area (Å²) in [6.07, 6.45) is 0. The predicted octanol–water partition coefficient (Wildman–Crippen LogP) is 5.19. The predicted molar refractivity (Wildman–Crippen MR) is 83.6 cm³/mol. The minimum atomic E-state index is 0.247. The number of nitrogens with one attached hydrogen (secondary N) is 1. The summed E-state index contributed by atoms with van der Waals surface area (Å²) in [6.45, 7) is 5.21. The van der Waals surface area contributed by atoms with Gasteiger partial charge < -0.3 is 5.32 Å². The molecule has 0 bridgehead atoms. The van der Waals surface area contributed by atoms with Crippen molar-refractivity contribution in [2.75, 3.05) is 17.6 Å². The van der Waals surface area contributed by atoms with Gasteiger partial charge in [-0.2, -0.15) is 0 Å². The average molecular weight is 324 g/mol. The van der Waals surface area contributed by atoms with E-state index in [1.165, 1.54) is 0 Å². The summed E-state index contributed by atoms with van der Waals surface area (Å²) >= 11 is 19.7. The highest BCUT2D eigenvalue weighted by atomic mass is 35.5. The van der Waals surface area contributed by atoms with Crippen LogP contribution in [0.2, 0.25) is 15.1 Å². The highest BCUT2D eigenvalue weighted by molar-refractivity contribution is 8.14. The Kier molecular flexibility index (Phi) is 4.37. The van der Waals surface area contributed by atoms with Crippen molar-refractivity contribution in [3.05, 3.63) is 27.2 Å². The van der Waals surface area contributed by atoms with E-state index in [0.29, 0.717) is 15.1 Å². The molecule has 1 aliphatic heterocycles. The number of amidine groups is 1. The molecule has 2 nitrogen and oxygen atoms in total. The first-order valence-corrected chi connectivity index (χ1v) is 7.58. The van der Waals surface area contributed by atoms with E-state index < -0.39 is 0 Å². The topological polar surface area (TPSA) is 24.4 Å². The van der Waals surface area contributed by atoms with Crippen LogP contribution in [-0.2, 0) is 0 Å². The molecule has 18 heavy (non-hydrogen) atoms. The van der Waals surface area contributed by atoms with Gasteiger partial charge in [0, 0.05) is 12.3 Å². The minimum absolute atomic E-state index is 0.247. The first-order chi connectivity index (χ1) is 8.37. The van der Waals surface area contributed by atoms with Crippen LogP contribution in [0.25, 0.3) is 0 Å². The van der Waals surface area contributed by atoms with Crippen molar-refractivity contribution in [1.29, 1.82) is 0 Å². The molecular weight excluding hydrogens is 311 g/mol. The van der Waals surface area contributed by atoms with Gasteiger partial charge in [0.2, 0.25) is 0 Å². The third-order valence-corrected chi connectivity index (χ3v) is 4.97. The molecule has 1 heterocycles. The van der Waals surface area contributed by atoms with E-state index in [-0.39, 0.29) is 5.41 Å². The molecule has 1 aromatic carbocycles. The number of benzene rings is 1. The number of anilines is 1. The number of hydrogen-bond acceptors (Lipinski definition) is 3. The van der Waals surface area contributed by atoms with E-state index in [0.717, 1.165) is 23.2 Å². The SMILES string of the molecule is CC1(C)CN=C(Nc2cc(Cl)c(Cl)cc2Cl)SC1. The Morgan fingerprint density at radius 1 is 1.17 bits per heavy atom. The third-order valence-electron chi connectivity index (χ3n) is 2.50. The second kappa shape index (κ2) is 5.49. The molecule has 0 amide bonds. The van der Waals surface area contributed by atoms with Crippen molar-refractivity contribution in [2.24, 2.45) is 10.4 Å².